The van der Waals surface area contributed by atoms with E-state index in [9.17, 15) is 13.2 Å². The highest BCUT2D eigenvalue weighted by Gasteiger charge is 2.27. The van der Waals surface area contributed by atoms with E-state index in [0.717, 1.165) is 25.9 Å². The van der Waals surface area contributed by atoms with Gasteiger partial charge in [-0.3, -0.25) is 9.69 Å². The van der Waals surface area contributed by atoms with Crippen molar-refractivity contribution in [2.75, 3.05) is 19.3 Å². The molecule has 0 bridgehead atoms. The van der Waals surface area contributed by atoms with E-state index in [1.54, 1.807) is 0 Å². The third-order valence-corrected chi connectivity index (χ3v) is 4.03. The SMILES string of the molecule is CC(C)NC(=O)C(C)N1CCC(NS(C)(=O)=O)CC1. The number of piperidine rings is 1. The van der Waals surface area contributed by atoms with Crippen LogP contribution in [0.25, 0.3) is 0 Å². The van der Waals surface area contributed by atoms with Gasteiger partial charge in [-0.2, -0.15) is 0 Å². The second-order valence-corrected chi connectivity index (χ2v) is 7.32. The molecule has 1 heterocycles. The quantitative estimate of drug-likeness (QED) is 0.742. The number of carbonyl (C=O) groups is 1. The van der Waals surface area contributed by atoms with Crippen LogP contribution in [-0.2, 0) is 14.8 Å². The maximum Gasteiger partial charge on any atom is 0.237 e. The molecule has 1 aliphatic rings. The molecular formula is C12H25N3O3S. The molecule has 2 N–H and O–H groups in total. The number of amides is 1. The molecule has 19 heavy (non-hydrogen) atoms. The van der Waals surface area contributed by atoms with Crippen LogP contribution in [0.15, 0.2) is 0 Å². The van der Waals surface area contributed by atoms with Crippen molar-refractivity contribution in [2.45, 2.75) is 51.7 Å². The van der Waals surface area contributed by atoms with E-state index in [-0.39, 0.29) is 24.0 Å². The first-order chi connectivity index (χ1) is 8.69. The molecule has 1 unspecified atom stereocenters. The maximum atomic E-state index is 11.9. The molecule has 0 saturated carbocycles. The number of rotatable bonds is 5. The van der Waals surface area contributed by atoms with Crippen molar-refractivity contribution in [2.24, 2.45) is 0 Å². The summed E-state index contributed by atoms with van der Waals surface area (Å²) in [5, 5.41) is 2.90. The number of hydrogen-bond donors (Lipinski definition) is 2. The van der Waals surface area contributed by atoms with Gasteiger partial charge in [0.15, 0.2) is 0 Å². The first kappa shape index (κ1) is 16.4. The molecule has 0 spiro atoms. The monoisotopic (exact) mass is 291 g/mol. The predicted octanol–water partition coefficient (Wildman–Crippen LogP) is -0.0869. The van der Waals surface area contributed by atoms with Crippen molar-refractivity contribution < 1.29 is 13.2 Å². The van der Waals surface area contributed by atoms with Crippen LogP contribution in [0.4, 0.5) is 0 Å². The maximum absolute atomic E-state index is 11.9. The molecule has 7 heteroatoms. The minimum atomic E-state index is -3.14. The van der Waals surface area contributed by atoms with Crippen LogP contribution in [0.2, 0.25) is 0 Å². The Balaban J connectivity index is 2.43. The molecule has 0 radical (unpaired) electrons. The molecule has 1 rings (SSSR count). The lowest BCUT2D eigenvalue weighted by Crippen LogP contribution is -2.52. The number of nitrogens with one attached hydrogen (secondary N) is 2. The van der Waals surface area contributed by atoms with Crippen molar-refractivity contribution in [3.8, 4) is 0 Å². The Morgan fingerprint density at radius 1 is 1.21 bits per heavy atom. The Bertz CT molecular complexity index is 400. The third-order valence-electron chi connectivity index (χ3n) is 3.27. The van der Waals surface area contributed by atoms with E-state index >= 15 is 0 Å². The van der Waals surface area contributed by atoms with Crippen molar-refractivity contribution in [1.82, 2.24) is 14.9 Å². The van der Waals surface area contributed by atoms with Gasteiger partial charge < -0.3 is 5.32 Å². The molecule has 0 aliphatic carbocycles. The zero-order chi connectivity index (χ0) is 14.6. The van der Waals surface area contributed by atoms with Crippen molar-refractivity contribution in [1.29, 1.82) is 0 Å². The number of hydrogen-bond acceptors (Lipinski definition) is 4. The molecule has 0 aromatic rings. The molecule has 1 aliphatic heterocycles. The first-order valence-electron chi connectivity index (χ1n) is 6.71. The predicted molar refractivity (Wildman–Crippen MR) is 75.3 cm³/mol. The largest absolute Gasteiger partial charge is 0.353 e. The van der Waals surface area contributed by atoms with Crippen LogP contribution in [-0.4, -0.2) is 56.7 Å². The summed E-state index contributed by atoms with van der Waals surface area (Å²) in [5.41, 5.74) is 0. The lowest BCUT2D eigenvalue weighted by Gasteiger charge is -2.35. The molecular weight excluding hydrogens is 266 g/mol. The number of carbonyl (C=O) groups excluding carboxylic acids is 1. The first-order valence-corrected chi connectivity index (χ1v) is 8.60. The smallest absolute Gasteiger partial charge is 0.237 e. The van der Waals surface area contributed by atoms with Crippen LogP contribution >= 0.6 is 0 Å². The standard InChI is InChI=1S/C12H25N3O3S/c1-9(2)13-12(16)10(3)15-7-5-11(6-8-15)14-19(4,17)18/h9-11,14H,5-8H2,1-4H3,(H,13,16). The molecule has 1 fully saturated rings. The summed E-state index contributed by atoms with van der Waals surface area (Å²) in [4.78, 5) is 14.0. The molecule has 0 aromatic carbocycles. The highest BCUT2D eigenvalue weighted by Crippen LogP contribution is 2.14. The Kier molecular flexibility index (Phi) is 5.76. The van der Waals surface area contributed by atoms with Gasteiger partial charge >= 0.3 is 0 Å². The normalized spacial score (nSPS) is 20.5. The van der Waals surface area contributed by atoms with Gasteiger partial charge in [-0.25, -0.2) is 13.1 Å². The van der Waals surface area contributed by atoms with E-state index in [1.807, 2.05) is 20.8 Å². The Hall–Kier alpha value is -0.660. The van der Waals surface area contributed by atoms with Gasteiger partial charge in [0.2, 0.25) is 15.9 Å². The third kappa shape index (κ3) is 5.88. The second-order valence-electron chi connectivity index (χ2n) is 5.54. The molecule has 1 atom stereocenters. The van der Waals surface area contributed by atoms with Crippen LogP contribution in [0.3, 0.4) is 0 Å². The topological polar surface area (TPSA) is 78.5 Å². The zero-order valence-corrected chi connectivity index (χ0v) is 13.0. The summed E-state index contributed by atoms with van der Waals surface area (Å²) >= 11 is 0. The second kappa shape index (κ2) is 6.67. The minimum absolute atomic E-state index is 0.00777. The number of likely N-dealkylation sites (tertiary alicyclic amines) is 1. The fraction of sp³-hybridized carbons (Fsp3) is 0.917. The van der Waals surface area contributed by atoms with Gasteiger partial charge in [0.1, 0.15) is 0 Å². The highest BCUT2D eigenvalue weighted by molar-refractivity contribution is 7.88. The van der Waals surface area contributed by atoms with E-state index in [0.29, 0.717) is 0 Å². The summed E-state index contributed by atoms with van der Waals surface area (Å²) in [5.74, 6) is 0.0320. The van der Waals surface area contributed by atoms with Gasteiger partial charge in [0, 0.05) is 25.2 Å². The van der Waals surface area contributed by atoms with Crippen molar-refractivity contribution in [3.63, 3.8) is 0 Å². The number of sulfonamides is 1. The molecule has 1 saturated heterocycles. The van der Waals surface area contributed by atoms with E-state index < -0.39 is 10.0 Å². The van der Waals surface area contributed by atoms with Gasteiger partial charge in [-0.15, -0.1) is 0 Å². The number of nitrogens with zero attached hydrogens (tertiary/aromatic N) is 1. The van der Waals surface area contributed by atoms with Gasteiger partial charge in [-0.05, 0) is 33.6 Å². The van der Waals surface area contributed by atoms with Crippen LogP contribution < -0.4 is 10.0 Å². The van der Waals surface area contributed by atoms with Crippen LogP contribution in [0, 0.1) is 0 Å². The van der Waals surface area contributed by atoms with E-state index in [1.165, 1.54) is 6.26 Å². The molecule has 6 nitrogen and oxygen atoms in total. The fourth-order valence-electron chi connectivity index (χ4n) is 2.28. The minimum Gasteiger partial charge on any atom is -0.353 e. The van der Waals surface area contributed by atoms with Gasteiger partial charge in [0.05, 0.1) is 12.3 Å². The molecule has 0 aromatic heterocycles. The van der Waals surface area contributed by atoms with Crippen molar-refractivity contribution >= 4 is 15.9 Å². The van der Waals surface area contributed by atoms with E-state index in [2.05, 4.69) is 14.9 Å². The van der Waals surface area contributed by atoms with Gasteiger partial charge in [-0.1, -0.05) is 0 Å². The summed E-state index contributed by atoms with van der Waals surface area (Å²) in [6.45, 7) is 7.24. The average molecular weight is 291 g/mol. The lowest BCUT2D eigenvalue weighted by molar-refractivity contribution is -0.126. The molecule has 1 amide bonds. The average Bonchev–Trinajstić information content (AvgIpc) is 2.26. The summed E-state index contributed by atoms with van der Waals surface area (Å²) in [7, 11) is -3.14. The van der Waals surface area contributed by atoms with Crippen LogP contribution in [0.5, 0.6) is 0 Å². The summed E-state index contributed by atoms with van der Waals surface area (Å²) in [6, 6.07) is -0.0346. The Labute approximate surface area is 116 Å². The zero-order valence-electron chi connectivity index (χ0n) is 12.1. The lowest BCUT2D eigenvalue weighted by atomic mass is 10.0. The Morgan fingerprint density at radius 2 is 1.74 bits per heavy atom. The molecule has 112 valence electrons. The van der Waals surface area contributed by atoms with Crippen molar-refractivity contribution in [3.05, 3.63) is 0 Å². The Morgan fingerprint density at radius 3 is 2.16 bits per heavy atom. The highest BCUT2D eigenvalue weighted by atomic mass is 32.2. The van der Waals surface area contributed by atoms with E-state index in [4.69, 9.17) is 0 Å². The summed E-state index contributed by atoms with van der Waals surface area (Å²) in [6.07, 6.45) is 2.66. The van der Waals surface area contributed by atoms with Crippen LogP contribution in [0.1, 0.15) is 33.6 Å². The van der Waals surface area contributed by atoms with Gasteiger partial charge in [0.25, 0.3) is 0 Å². The fourth-order valence-corrected chi connectivity index (χ4v) is 3.12. The summed E-state index contributed by atoms with van der Waals surface area (Å²) < 4.78 is 24.9.